The van der Waals surface area contributed by atoms with Crippen molar-refractivity contribution < 1.29 is 4.58 Å². The first-order valence-corrected chi connectivity index (χ1v) is 4.94. The van der Waals surface area contributed by atoms with Crippen LogP contribution in [0.25, 0.3) is 0 Å². The Bertz CT molecular complexity index is 169. The summed E-state index contributed by atoms with van der Waals surface area (Å²) in [6, 6.07) is 0. The van der Waals surface area contributed by atoms with Gasteiger partial charge in [-0.3, -0.25) is 14.8 Å². The predicted octanol–water partition coefficient (Wildman–Crippen LogP) is 0.812. The summed E-state index contributed by atoms with van der Waals surface area (Å²) in [5.41, 5.74) is 0. The molecule has 0 heterocycles. The zero-order valence-electron chi connectivity index (χ0n) is 9.89. The van der Waals surface area contributed by atoms with Crippen molar-refractivity contribution in [3.63, 3.8) is 0 Å². The van der Waals surface area contributed by atoms with Crippen LogP contribution >= 0.6 is 0 Å². The topological polar surface area (TPSA) is 18.3 Å². The van der Waals surface area contributed by atoms with Crippen LogP contribution in [0.4, 0.5) is 0 Å². The fraction of sp³-hybridized carbons (Fsp3) is 0.900. The zero-order chi connectivity index (χ0) is 10.4. The lowest BCUT2D eigenvalue weighted by Gasteiger charge is -2.14. The van der Waals surface area contributed by atoms with E-state index in [0.29, 0.717) is 0 Å². The third kappa shape index (κ3) is 4.76. The summed E-state index contributed by atoms with van der Waals surface area (Å²) in [4.78, 5) is 2.10. The number of hydrogen-bond acceptors (Lipinski definition) is 0. The van der Waals surface area contributed by atoms with Crippen LogP contribution in [0.5, 0.6) is 0 Å². The first-order chi connectivity index (χ1) is 5.99. The van der Waals surface area contributed by atoms with Gasteiger partial charge in [-0.1, -0.05) is 20.3 Å². The molecular formula is C10H24N3+. The van der Waals surface area contributed by atoms with Crippen LogP contribution < -0.4 is 5.32 Å². The van der Waals surface area contributed by atoms with E-state index in [9.17, 15) is 0 Å². The molecule has 0 aliphatic carbocycles. The van der Waals surface area contributed by atoms with Crippen LogP contribution in [-0.4, -0.2) is 50.2 Å². The molecule has 0 spiro atoms. The van der Waals surface area contributed by atoms with Gasteiger partial charge in [0.05, 0.1) is 34.7 Å². The monoisotopic (exact) mass is 186 g/mol. The van der Waals surface area contributed by atoms with Crippen molar-refractivity contribution in [2.45, 2.75) is 20.3 Å². The summed E-state index contributed by atoms with van der Waals surface area (Å²) < 4.78 is 2.10. The molecule has 0 bridgehead atoms. The lowest BCUT2D eigenvalue weighted by molar-refractivity contribution is -0.472. The Morgan fingerprint density at radius 3 is 2.23 bits per heavy atom. The highest BCUT2D eigenvalue weighted by atomic mass is 15.3. The third-order valence-electron chi connectivity index (χ3n) is 2.15. The maximum atomic E-state index is 3.44. The molecule has 1 N–H and O–H groups in total. The molecule has 0 aromatic rings. The van der Waals surface area contributed by atoms with Gasteiger partial charge in [0, 0.05) is 0 Å². The smallest absolute Gasteiger partial charge is 0.278 e. The molecule has 0 radical (unpaired) electrons. The maximum absolute atomic E-state index is 3.44. The molecule has 78 valence electrons. The number of rotatable bonds is 3. The van der Waals surface area contributed by atoms with Crippen molar-refractivity contribution >= 4 is 5.96 Å². The van der Waals surface area contributed by atoms with E-state index in [-0.39, 0.29) is 0 Å². The molecule has 0 aromatic carbocycles. The van der Waals surface area contributed by atoms with Crippen LogP contribution in [0.1, 0.15) is 20.3 Å². The fourth-order valence-electron chi connectivity index (χ4n) is 1.13. The Hall–Kier alpha value is -0.730. The van der Waals surface area contributed by atoms with Crippen molar-refractivity contribution in [1.82, 2.24) is 10.2 Å². The van der Waals surface area contributed by atoms with Crippen LogP contribution in [0.15, 0.2) is 0 Å². The Kier molecular flexibility index (Phi) is 5.51. The predicted molar refractivity (Wildman–Crippen MR) is 58.3 cm³/mol. The molecule has 3 nitrogen and oxygen atoms in total. The van der Waals surface area contributed by atoms with Crippen LogP contribution in [0.2, 0.25) is 0 Å². The average molecular weight is 186 g/mol. The third-order valence-corrected chi connectivity index (χ3v) is 2.15. The zero-order valence-corrected chi connectivity index (χ0v) is 9.89. The molecule has 0 saturated carbocycles. The fourth-order valence-corrected chi connectivity index (χ4v) is 1.13. The van der Waals surface area contributed by atoms with Gasteiger partial charge in [0.15, 0.2) is 0 Å². The van der Waals surface area contributed by atoms with Crippen LogP contribution in [0, 0.1) is 5.92 Å². The van der Waals surface area contributed by atoms with E-state index in [4.69, 9.17) is 0 Å². The second-order valence-corrected chi connectivity index (χ2v) is 4.01. The Morgan fingerprint density at radius 2 is 1.92 bits per heavy atom. The number of nitrogens with one attached hydrogen (secondary N) is 1. The van der Waals surface area contributed by atoms with Crippen molar-refractivity contribution in [3.05, 3.63) is 0 Å². The van der Waals surface area contributed by atoms with Gasteiger partial charge in [0.1, 0.15) is 0 Å². The van der Waals surface area contributed by atoms with E-state index in [0.717, 1.165) is 12.5 Å². The molecule has 3 heteroatoms. The summed E-state index contributed by atoms with van der Waals surface area (Å²) in [7, 11) is 8.22. The first kappa shape index (κ1) is 12.3. The summed E-state index contributed by atoms with van der Waals surface area (Å²) in [5.74, 6) is 1.90. The van der Waals surface area contributed by atoms with Gasteiger partial charge in [-0.2, -0.15) is 0 Å². The van der Waals surface area contributed by atoms with Gasteiger partial charge in [-0.25, -0.2) is 0 Å². The molecule has 0 aliphatic heterocycles. The lowest BCUT2D eigenvalue weighted by atomic mass is 10.1. The molecule has 13 heavy (non-hydrogen) atoms. The minimum absolute atomic E-state index is 0.731. The molecule has 1 unspecified atom stereocenters. The second kappa shape index (κ2) is 5.84. The van der Waals surface area contributed by atoms with E-state index in [1.54, 1.807) is 0 Å². The Balaban J connectivity index is 4.07. The quantitative estimate of drug-likeness (QED) is 0.399. The molecule has 0 aliphatic rings. The Morgan fingerprint density at radius 1 is 1.38 bits per heavy atom. The van der Waals surface area contributed by atoms with Crippen LogP contribution in [0.3, 0.4) is 0 Å². The van der Waals surface area contributed by atoms with Crippen molar-refractivity contribution in [3.8, 4) is 0 Å². The van der Waals surface area contributed by atoms with Gasteiger partial charge in [0.2, 0.25) is 0 Å². The van der Waals surface area contributed by atoms with E-state index < -0.39 is 0 Å². The molecule has 0 fully saturated rings. The number of nitrogens with zero attached hydrogens (tertiary/aromatic N) is 2. The van der Waals surface area contributed by atoms with Gasteiger partial charge in [-0.15, -0.1) is 0 Å². The van der Waals surface area contributed by atoms with E-state index in [1.807, 2.05) is 0 Å². The first-order valence-electron chi connectivity index (χ1n) is 4.94. The second-order valence-electron chi connectivity index (χ2n) is 4.01. The highest BCUT2D eigenvalue weighted by Gasteiger charge is 2.11. The highest BCUT2D eigenvalue weighted by Crippen LogP contribution is 1.97. The minimum Gasteiger partial charge on any atom is -0.278 e. The summed E-state index contributed by atoms with van der Waals surface area (Å²) >= 11 is 0. The van der Waals surface area contributed by atoms with E-state index in [1.165, 1.54) is 12.4 Å². The summed E-state index contributed by atoms with van der Waals surface area (Å²) in [6.45, 7) is 5.52. The standard InChI is InChI=1S/C10H23N3/c1-7-9(2)8-11-10(12(3)4)13(5)6/h9H,7-8H2,1-6H3/p+1. The van der Waals surface area contributed by atoms with Crippen molar-refractivity contribution in [2.24, 2.45) is 5.92 Å². The van der Waals surface area contributed by atoms with Gasteiger partial charge < -0.3 is 0 Å². The molecule has 0 rings (SSSR count). The van der Waals surface area contributed by atoms with Gasteiger partial charge >= 0.3 is 5.96 Å². The highest BCUT2D eigenvalue weighted by molar-refractivity contribution is 5.74. The normalized spacial score (nSPS) is 12.2. The molecule has 1 atom stereocenters. The maximum Gasteiger partial charge on any atom is 0.347 e. The largest absolute Gasteiger partial charge is 0.347 e. The van der Waals surface area contributed by atoms with Gasteiger partial charge in [-0.05, 0) is 5.92 Å². The van der Waals surface area contributed by atoms with Gasteiger partial charge in [0.25, 0.3) is 0 Å². The average Bonchev–Trinajstić information content (AvgIpc) is 2.03. The number of hydrogen-bond donors (Lipinski definition) is 1. The Labute approximate surface area is 82.4 Å². The summed E-state index contributed by atoms with van der Waals surface area (Å²) in [6.07, 6.45) is 1.22. The molecule has 0 saturated heterocycles. The SMILES string of the molecule is CCC(C)CNC(N(C)C)=[N+](C)C. The molecule has 0 amide bonds. The van der Waals surface area contributed by atoms with Crippen molar-refractivity contribution in [2.75, 3.05) is 34.7 Å². The minimum atomic E-state index is 0.731. The van der Waals surface area contributed by atoms with E-state index >= 15 is 0 Å². The van der Waals surface area contributed by atoms with E-state index in [2.05, 4.69) is 56.8 Å². The molecular weight excluding hydrogens is 162 g/mol. The summed E-state index contributed by atoms with van der Waals surface area (Å²) in [5, 5.41) is 3.44. The van der Waals surface area contributed by atoms with Crippen LogP contribution in [-0.2, 0) is 0 Å². The lowest BCUT2D eigenvalue weighted by Crippen LogP contribution is -2.43. The number of guanidine groups is 1. The van der Waals surface area contributed by atoms with Crippen molar-refractivity contribution in [1.29, 1.82) is 0 Å². The molecule has 0 aromatic heterocycles.